The summed E-state index contributed by atoms with van der Waals surface area (Å²) in [7, 11) is 0. The average molecular weight is 308 g/mol. The SMILES string of the molecule is CCCNc1nc(NCC2(O)CCOC2)c2ccsc2n1. The number of fused-ring (bicyclic) bond motifs is 1. The predicted octanol–water partition coefficient (Wildman–Crippen LogP) is 2.08. The number of nitrogens with one attached hydrogen (secondary N) is 2. The highest BCUT2D eigenvalue weighted by molar-refractivity contribution is 7.16. The van der Waals surface area contributed by atoms with Crippen LogP contribution in [-0.4, -0.2) is 47.0 Å². The lowest BCUT2D eigenvalue weighted by atomic mass is 10.0. The van der Waals surface area contributed by atoms with Crippen molar-refractivity contribution in [2.24, 2.45) is 0 Å². The molecule has 1 aliphatic rings. The van der Waals surface area contributed by atoms with Crippen molar-refractivity contribution in [2.45, 2.75) is 25.4 Å². The number of aliphatic hydroxyl groups is 1. The minimum absolute atomic E-state index is 0.374. The molecule has 2 aromatic heterocycles. The van der Waals surface area contributed by atoms with Crippen LogP contribution in [0.2, 0.25) is 0 Å². The Morgan fingerprint density at radius 1 is 1.43 bits per heavy atom. The highest BCUT2D eigenvalue weighted by atomic mass is 32.1. The minimum Gasteiger partial charge on any atom is -0.386 e. The monoisotopic (exact) mass is 308 g/mol. The molecular weight excluding hydrogens is 288 g/mol. The van der Waals surface area contributed by atoms with Gasteiger partial charge in [-0.1, -0.05) is 6.92 Å². The van der Waals surface area contributed by atoms with Gasteiger partial charge in [-0.25, -0.2) is 4.98 Å². The summed E-state index contributed by atoms with van der Waals surface area (Å²) in [5.41, 5.74) is -0.801. The largest absolute Gasteiger partial charge is 0.386 e. The van der Waals surface area contributed by atoms with Crippen LogP contribution in [0.5, 0.6) is 0 Å². The Balaban J connectivity index is 1.80. The maximum absolute atomic E-state index is 10.3. The first-order valence-corrected chi connectivity index (χ1v) is 8.11. The molecule has 3 N–H and O–H groups in total. The van der Waals surface area contributed by atoms with Crippen LogP contribution < -0.4 is 10.6 Å². The molecule has 1 unspecified atom stereocenters. The third-order valence-corrected chi connectivity index (χ3v) is 4.33. The summed E-state index contributed by atoms with van der Waals surface area (Å²) in [4.78, 5) is 9.97. The number of aromatic nitrogens is 2. The van der Waals surface area contributed by atoms with Crippen LogP contribution in [0.3, 0.4) is 0 Å². The number of hydrogen-bond acceptors (Lipinski definition) is 7. The highest BCUT2D eigenvalue weighted by Crippen LogP contribution is 2.27. The van der Waals surface area contributed by atoms with Crippen LogP contribution in [-0.2, 0) is 4.74 Å². The second-order valence-electron chi connectivity index (χ2n) is 5.34. The zero-order valence-electron chi connectivity index (χ0n) is 12.1. The zero-order valence-corrected chi connectivity index (χ0v) is 12.9. The van der Waals surface area contributed by atoms with Crippen molar-refractivity contribution in [3.8, 4) is 0 Å². The second-order valence-corrected chi connectivity index (χ2v) is 6.24. The molecule has 0 aromatic carbocycles. The molecule has 3 heterocycles. The molecular formula is C14H20N4O2S. The Morgan fingerprint density at radius 3 is 3.10 bits per heavy atom. The third kappa shape index (κ3) is 3.25. The number of hydrogen-bond donors (Lipinski definition) is 3. The van der Waals surface area contributed by atoms with Crippen LogP contribution in [0.1, 0.15) is 19.8 Å². The van der Waals surface area contributed by atoms with Crippen molar-refractivity contribution in [2.75, 3.05) is 36.9 Å². The maximum atomic E-state index is 10.3. The van der Waals surface area contributed by atoms with Crippen LogP contribution in [0.25, 0.3) is 10.2 Å². The second kappa shape index (κ2) is 6.13. The molecule has 0 amide bonds. The van der Waals surface area contributed by atoms with E-state index in [1.807, 2.05) is 11.4 Å². The van der Waals surface area contributed by atoms with E-state index in [-0.39, 0.29) is 0 Å². The molecule has 1 aliphatic heterocycles. The Morgan fingerprint density at radius 2 is 2.33 bits per heavy atom. The standard InChI is InChI=1S/C14H20N4O2S/c1-2-5-15-13-17-11(10-3-7-21-12(10)18-13)16-8-14(19)4-6-20-9-14/h3,7,19H,2,4-6,8-9H2,1H3,(H2,15,16,17,18). The summed E-state index contributed by atoms with van der Waals surface area (Å²) in [5, 5.41) is 19.8. The van der Waals surface area contributed by atoms with Crippen LogP contribution >= 0.6 is 11.3 Å². The Bertz CT molecular complexity index is 610. The molecule has 3 rings (SSSR count). The molecule has 0 aliphatic carbocycles. The molecule has 0 radical (unpaired) electrons. The number of thiophene rings is 1. The van der Waals surface area contributed by atoms with Gasteiger partial charge in [0.1, 0.15) is 16.2 Å². The first-order chi connectivity index (χ1) is 10.2. The smallest absolute Gasteiger partial charge is 0.226 e. The molecule has 114 valence electrons. The van der Waals surface area contributed by atoms with E-state index >= 15 is 0 Å². The Kier molecular flexibility index (Phi) is 4.23. The van der Waals surface area contributed by atoms with Gasteiger partial charge in [0.15, 0.2) is 0 Å². The fraction of sp³-hybridized carbons (Fsp3) is 0.571. The molecule has 6 nitrogen and oxygen atoms in total. The summed E-state index contributed by atoms with van der Waals surface area (Å²) in [6.07, 6.45) is 1.67. The number of anilines is 2. The fourth-order valence-corrected chi connectivity index (χ4v) is 3.05. The first-order valence-electron chi connectivity index (χ1n) is 7.23. The quantitative estimate of drug-likeness (QED) is 0.758. The molecule has 21 heavy (non-hydrogen) atoms. The molecule has 7 heteroatoms. The normalized spacial score (nSPS) is 21.8. The highest BCUT2D eigenvalue weighted by Gasteiger charge is 2.32. The van der Waals surface area contributed by atoms with E-state index in [9.17, 15) is 5.11 Å². The van der Waals surface area contributed by atoms with Gasteiger partial charge in [-0.3, -0.25) is 0 Å². The summed E-state index contributed by atoms with van der Waals surface area (Å²) < 4.78 is 5.26. The van der Waals surface area contributed by atoms with E-state index in [1.54, 1.807) is 11.3 Å². The first kappa shape index (κ1) is 14.5. The maximum Gasteiger partial charge on any atom is 0.226 e. The summed E-state index contributed by atoms with van der Waals surface area (Å²) >= 11 is 1.59. The van der Waals surface area contributed by atoms with Crippen molar-refractivity contribution in [1.29, 1.82) is 0 Å². The van der Waals surface area contributed by atoms with E-state index in [0.29, 0.717) is 32.1 Å². The molecule has 1 fully saturated rings. The van der Waals surface area contributed by atoms with E-state index in [2.05, 4.69) is 27.5 Å². The van der Waals surface area contributed by atoms with Crippen molar-refractivity contribution in [3.63, 3.8) is 0 Å². The number of rotatable bonds is 6. The fourth-order valence-electron chi connectivity index (χ4n) is 2.29. The molecule has 0 bridgehead atoms. The number of ether oxygens (including phenoxy) is 1. The lowest BCUT2D eigenvalue weighted by molar-refractivity contribution is 0.0381. The van der Waals surface area contributed by atoms with Gasteiger partial charge in [0, 0.05) is 26.1 Å². The molecule has 0 spiro atoms. The Hall–Kier alpha value is -1.44. The van der Waals surface area contributed by atoms with Crippen LogP contribution in [0.4, 0.5) is 11.8 Å². The van der Waals surface area contributed by atoms with Gasteiger partial charge in [-0.15, -0.1) is 11.3 Å². The van der Waals surface area contributed by atoms with E-state index in [0.717, 1.165) is 29.0 Å². The topological polar surface area (TPSA) is 79.3 Å². The molecule has 2 aromatic rings. The van der Waals surface area contributed by atoms with E-state index < -0.39 is 5.60 Å². The predicted molar refractivity (Wildman–Crippen MR) is 85.1 cm³/mol. The zero-order chi connectivity index (χ0) is 14.7. The lowest BCUT2D eigenvalue weighted by Gasteiger charge is -2.21. The average Bonchev–Trinajstić information content (AvgIpc) is 3.12. The summed E-state index contributed by atoms with van der Waals surface area (Å²) in [5.74, 6) is 1.39. The van der Waals surface area contributed by atoms with Crippen molar-refractivity contribution >= 4 is 33.3 Å². The van der Waals surface area contributed by atoms with E-state index in [1.165, 1.54) is 0 Å². The van der Waals surface area contributed by atoms with Gasteiger partial charge in [0.05, 0.1) is 12.0 Å². The summed E-state index contributed by atoms with van der Waals surface area (Å²) in [6, 6.07) is 2.00. The van der Waals surface area contributed by atoms with Crippen molar-refractivity contribution in [3.05, 3.63) is 11.4 Å². The molecule has 0 saturated carbocycles. The van der Waals surface area contributed by atoms with Crippen LogP contribution in [0, 0.1) is 0 Å². The summed E-state index contributed by atoms with van der Waals surface area (Å²) in [6.45, 7) is 4.36. The number of nitrogens with zero attached hydrogens (tertiary/aromatic N) is 2. The van der Waals surface area contributed by atoms with E-state index in [4.69, 9.17) is 4.74 Å². The van der Waals surface area contributed by atoms with Gasteiger partial charge in [0.2, 0.25) is 5.95 Å². The third-order valence-electron chi connectivity index (χ3n) is 3.53. The van der Waals surface area contributed by atoms with Gasteiger partial charge in [0.25, 0.3) is 0 Å². The van der Waals surface area contributed by atoms with Gasteiger partial charge < -0.3 is 20.5 Å². The molecule has 1 saturated heterocycles. The van der Waals surface area contributed by atoms with Gasteiger partial charge in [-0.05, 0) is 17.9 Å². The van der Waals surface area contributed by atoms with Crippen molar-refractivity contribution < 1.29 is 9.84 Å². The van der Waals surface area contributed by atoms with Gasteiger partial charge >= 0.3 is 0 Å². The minimum atomic E-state index is -0.801. The van der Waals surface area contributed by atoms with Crippen LogP contribution in [0.15, 0.2) is 11.4 Å². The van der Waals surface area contributed by atoms with Gasteiger partial charge in [-0.2, -0.15) is 4.98 Å². The lowest BCUT2D eigenvalue weighted by Crippen LogP contribution is -2.37. The van der Waals surface area contributed by atoms with Crippen molar-refractivity contribution in [1.82, 2.24) is 9.97 Å². The Labute approximate surface area is 127 Å². The molecule has 1 atom stereocenters.